The third kappa shape index (κ3) is 4.71. The Labute approximate surface area is 165 Å². The summed E-state index contributed by atoms with van der Waals surface area (Å²) in [5.41, 5.74) is 4.03. The van der Waals surface area contributed by atoms with Gasteiger partial charge in [0.1, 0.15) is 24.7 Å². The normalized spacial score (nSPS) is 12.7. The molecule has 1 heterocycles. The zero-order chi connectivity index (χ0) is 19.2. The highest BCUT2D eigenvalue weighted by molar-refractivity contribution is 9.10. The van der Waals surface area contributed by atoms with E-state index >= 15 is 0 Å². The van der Waals surface area contributed by atoms with Gasteiger partial charge in [0.25, 0.3) is 0 Å². The minimum Gasteiger partial charge on any atom is -0.496 e. The van der Waals surface area contributed by atoms with Crippen LogP contribution in [0.25, 0.3) is 0 Å². The summed E-state index contributed by atoms with van der Waals surface area (Å²) in [6.07, 6.45) is 1.70. The molecule has 7 nitrogen and oxygen atoms in total. The lowest BCUT2D eigenvalue weighted by atomic mass is 10.1. The number of hydrogen-bond acceptors (Lipinski definition) is 6. The van der Waals surface area contributed by atoms with Crippen molar-refractivity contribution in [3.05, 3.63) is 45.9 Å². The average molecular weight is 435 g/mol. The number of ether oxygens (including phenoxy) is 4. The van der Waals surface area contributed by atoms with Gasteiger partial charge in [0.15, 0.2) is 11.5 Å². The summed E-state index contributed by atoms with van der Waals surface area (Å²) in [6.45, 7) is 1.04. The van der Waals surface area contributed by atoms with Crippen molar-refractivity contribution < 1.29 is 23.7 Å². The average Bonchev–Trinajstić information content (AvgIpc) is 2.68. The molecular formula is C19H19BrN2O5. The molecular weight excluding hydrogens is 416 g/mol. The van der Waals surface area contributed by atoms with Crippen molar-refractivity contribution in [3.63, 3.8) is 0 Å². The first-order valence-electron chi connectivity index (χ1n) is 8.22. The van der Waals surface area contributed by atoms with Gasteiger partial charge in [0.2, 0.25) is 5.91 Å². The van der Waals surface area contributed by atoms with Gasteiger partial charge in [-0.15, -0.1) is 0 Å². The molecule has 0 aliphatic carbocycles. The Morgan fingerprint density at radius 2 is 1.89 bits per heavy atom. The highest BCUT2D eigenvalue weighted by Gasteiger charge is 2.13. The van der Waals surface area contributed by atoms with E-state index in [2.05, 4.69) is 26.5 Å². The number of rotatable bonds is 6. The number of nitrogens with zero attached hydrogens (tertiary/aromatic N) is 1. The molecule has 0 atom stereocenters. The van der Waals surface area contributed by atoms with Crippen LogP contribution < -0.4 is 24.4 Å². The van der Waals surface area contributed by atoms with Crippen LogP contribution in [0.5, 0.6) is 23.0 Å². The summed E-state index contributed by atoms with van der Waals surface area (Å²) in [5, 5.41) is 4.01. The van der Waals surface area contributed by atoms with E-state index < -0.39 is 0 Å². The second-order valence-corrected chi connectivity index (χ2v) is 6.53. The number of amides is 1. The van der Waals surface area contributed by atoms with Crippen LogP contribution in [0, 0.1) is 0 Å². The molecule has 2 aromatic carbocycles. The Balaban J connectivity index is 1.63. The van der Waals surface area contributed by atoms with Crippen LogP contribution in [-0.4, -0.2) is 39.6 Å². The first kappa shape index (κ1) is 19.0. The number of carbonyl (C=O) groups excluding carboxylic acids is 1. The Morgan fingerprint density at radius 3 is 2.63 bits per heavy atom. The summed E-state index contributed by atoms with van der Waals surface area (Å²) >= 11 is 3.41. The highest BCUT2D eigenvalue weighted by Crippen LogP contribution is 2.32. The summed E-state index contributed by atoms with van der Waals surface area (Å²) in [4.78, 5) is 12.1. The quantitative estimate of drug-likeness (QED) is 0.558. The SMILES string of the molecule is COc1cc(OC)c(/C=N/NC(=O)Cc2ccc3c(c2)OCCO3)cc1Br. The molecule has 3 rings (SSSR count). The lowest BCUT2D eigenvalue weighted by Crippen LogP contribution is -2.20. The third-order valence-electron chi connectivity index (χ3n) is 3.87. The number of fused-ring (bicyclic) bond motifs is 1. The van der Waals surface area contributed by atoms with Gasteiger partial charge in [0.05, 0.1) is 31.3 Å². The minimum atomic E-state index is -0.241. The summed E-state index contributed by atoms with van der Waals surface area (Å²) in [5.74, 6) is 2.34. The van der Waals surface area contributed by atoms with Gasteiger partial charge in [-0.25, -0.2) is 5.43 Å². The van der Waals surface area contributed by atoms with E-state index in [1.807, 2.05) is 6.07 Å². The lowest BCUT2D eigenvalue weighted by molar-refractivity contribution is -0.120. The molecule has 0 saturated carbocycles. The van der Waals surface area contributed by atoms with Gasteiger partial charge < -0.3 is 18.9 Å². The number of nitrogens with one attached hydrogen (secondary N) is 1. The molecule has 0 radical (unpaired) electrons. The fourth-order valence-corrected chi connectivity index (χ4v) is 3.10. The highest BCUT2D eigenvalue weighted by atomic mass is 79.9. The van der Waals surface area contributed by atoms with Crippen LogP contribution in [0.3, 0.4) is 0 Å². The van der Waals surface area contributed by atoms with E-state index in [4.69, 9.17) is 18.9 Å². The van der Waals surface area contributed by atoms with Crippen molar-refractivity contribution in [2.75, 3.05) is 27.4 Å². The molecule has 0 fully saturated rings. The molecule has 1 aliphatic heterocycles. The fourth-order valence-electron chi connectivity index (χ4n) is 2.58. The third-order valence-corrected chi connectivity index (χ3v) is 4.49. The van der Waals surface area contributed by atoms with Crippen molar-refractivity contribution in [2.45, 2.75) is 6.42 Å². The van der Waals surface area contributed by atoms with Crippen molar-refractivity contribution in [1.82, 2.24) is 5.43 Å². The molecule has 0 bridgehead atoms. The van der Waals surface area contributed by atoms with Crippen LogP contribution >= 0.6 is 15.9 Å². The Hall–Kier alpha value is -2.74. The van der Waals surface area contributed by atoms with Gasteiger partial charge in [0, 0.05) is 11.6 Å². The Bertz CT molecular complexity index is 869. The lowest BCUT2D eigenvalue weighted by Gasteiger charge is -2.18. The summed E-state index contributed by atoms with van der Waals surface area (Å²) < 4.78 is 22.3. The number of methoxy groups -OCH3 is 2. The first-order chi connectivity index (χ1) is 13.1. The molecule has 2 aromatic rings. The van der Waals surface area contributed by atoms with Crippen molar-refractivity contribution in [3.8, 4) is 23.0 Å². The number of hydrazone groups is 1. The molecule has 27 heavy (non-hydrogen) atoms. The van der Waals surface area contributed by atoms with E-state index in [1.54, 1.807) is 38.5 Å². The standard InChI is InChI=1S/C19H19BrN2O5/c1-24-16-10-17(25-2)14(20)9-13(16)11-21-22-19(23)8-12-3-4-15-18(7-12)27-6-5-26-15/h3-4,7,9-11H,5-6,8H2,1-2H3,(H,22,23)/b21-11+. The predicted octanol–water partition coefficient (Wildman–Crippen LogP) is 2.93. The van der Waals surface area contributed by atoms with E-state index in [-0.39, 0.29) is 12.3 Å². The molecule has 0 unspecified atom stereocenters. The molecule has 0 aromatic heterocycles. The topological polar surface area (TPSA) is 78.4 Å². The zero-order valence-corrected chi connectivity index (χ0v) is 16.5. The second-order valence-electron chi connectivity index (χ2n) is 5.68. The maximum atomic E-state index is 12.1. The van der Waals surface area contributed by atoms with Gasteiger partial charge >= 0.3 is 0 Å². The van der Waals surface area contributed by atoms with Crippen molar-refractivity contribution >= 4 is 28.1 Å². The van der Waals surface area contributed by atoms with E-state index in [0.29, 0.717) is 41.8 Å². The molecule has 8 heteroatoms. The molecule has 0 saturated heterocycles. The van der Waals surface area contributed by atoms with E-state index in [9.17, 15) is 4.79 Å². The molecule has 1 N–H and O–H groups in total. The van der Waals surface area contributed by atoms with Crippen LogP contribution in [0.15, 0.2) is 39.9 Å². The van der Waals surface area contributed by atoms with Gasteiger partial charge in [-0.1, -0.05) is 6.07 Å². The van der Waals surface area contributed by atoms with Crippen LogP contribution in [0.4, 0.5) is 0 Å². The van der Waals surface area contributed by atoms with Crippen LogP contribution in [0.2, 0.25) is 0 Å². The maximum Gasteiger partial charge on any atom is 0.244 e. The predicted molar refractivity (Wildman–Crippen MR) is 104 cm³/mol. The molecule has 1 aliphatic rings. The monoisotopic (exact) mass is 434 g/mol. The van der Waals surface area contributed by atoms with E-state index in [0.717, 1.165) is 10.0 Å². The van der Waals surface area contributed by atoms with Crippen molar-refractivity contribution in [1.29, 1.82) is 0 Å². The number of halogens is 1. The molecule has 142 valence electrons. The molecule has 1 amide bonds. The van der Waals surface area contributed by atoms with Gasteiger partial charge in [-0.3, -0.25) is 4.79 Å². The van der Waals surface area contributed by atoms with E-state index in [1.165, 1.54) is 6.21 Å². The van der Waals surface area contributed by atoms with Gasteiger partial charge in [-0.2, -0.15) is 5.10 Å². The largest absolute Gasteiger partial charge is 0.496 e. The van der Waals surface area contributed by atoms with Gasteiger partial charge in [-0.05, 0) is 39.7 Å². The van der Waals surface area contributed by atoms with Crippen LogP contribution in [0.1, 0.15) is 11.1 Å². The fraction of sp³-hybridized carbons (Fsp3) is 0.263. The Kier molecular flexibility index (Phi) is 6.18. The van der Waals surface area contributed by atoms with Crippen LogP contribution in [-0.2, 0) is 11.2 Å². The number of benzene rings is 2. The summed E-state index contributed by atoms with van der Waals surface area (Å²) in [6, 6.07) is 8.98. The molecule has 0 spiro atoms. The zero-order valence-electron chi connectivity index (χ0n) is 15.0. The minimum absolute atomic E-state index is 0.178. The smallest absolute Gasteiger partial charge is 0.244 e. The summed E-state index contributed by atoms with van der Waals surface area (Å²) in [7, 11) is 3.13. The Morgan fingerprint density at radius 1 is 1.15 bits per heavy atom. The number of hydrogen-bond donors (Lipinski definition) is 1. The van der Waals surface area contributed by atoms with Crippen molar-refractivity contribution in [2.24, 2.45) is 5.10 Å². The maximum absolute atomic E-state index is 12.1. The number of carbonyl (C=O) groups is 1. The first-order valence-corrected chi connectivity index (χ1v) is 9.02. The second kappa shape index (κ2) is 8.77.